The van der Waals surface area contributed by atoms with Gasteiger partial charge in [-0.15, -0.1) is 11.7 Å². The van der Waals surface area contributed by atoms with E-state index in [2.05, 4.69) is 4.90 Å². The topological polar surface area (TPSA) is 338 Å². The number of rotatable bonds is 39. The Hall–Kier alpha value is -7.24. The number of carboxylic acid groups (broad SMARTS) is 1. The number of allylic oxidation sites excluding steroid dienone is 7. The maximum atomic E-state index is 13.5. The first-order valence-electron chi connectivity index (χ1n) is 35.4. The lowest BCUT2D eigenvalue weighted by Crippen LogP contribution is -2.45. The highest BCUT2D eigenvalue weighted by atomic mass is 32.3. The summed E-state index contributed by atoms with van der Waals surface area (Å²) in [4.78, 5) is 42.0. The van der Waals surface area contributed by atoms with E-state index in [4.69, 9.17) is 18.9 Å². The van der Waals surface area contributed by atoms with Gasteiger partial charge in [0.25, 0.3) is 30.4 Å². The highest BCUT2D eigenvalue weighted by molar-refractivity contribution is 8.20. The summed E-state index contributed by atoms with van der Waals surface area (Å²) in [6, 6.07) is 29.7. The van der Waals surface area contributed by atoms with Gasteiger partial charge < -0.3 is 33.5 Å². The van der Waals surface area contributed by atoms with Gasteiger partial charge >= 0.3 is 5.97 Å². The average Bonchev–Trinajstić information content (AvgIpc) is 1.59. The molecule has 31 heteroatoms. The number of fused-ring (bicyclic) bond motifs is 2. The molecule has 0 radical (unpaired) electrons. The zero-order valence-corrected chi connectivity index (χ0v) is 64.1. The summed E-state index contributed by atoms with van der Waals surface area (Å²) in [5.74, 6) is -2.92. The first-order chi connectivity index (χ1) is 50.4. The van der Waals surface area contributed by atoms with Crippen molar-refractivity contribution in [3.8, 4) is 5.75 Å². The van der Waals surface area contributed by atoms with Crippen molar-refractivity contribution in [3.05, 3.63) is 190 Å². The minimum absolute atomic E-state index is 0.00310. The largest absolute Gasteiger partial charge is 0.748 e. The van der Waals surface area contributed by atoms with Crippen molar-refractivity contribution < 1.29 is 107 Å². The molecule has 9 rings (SSSR count). The molecule has 5 aromatic carbocycles. The Labute approximate surface area is 626 Å². The van der Waals surface area contributed by atoms with E-state index in [1.807, 2.05) is 91.8 Å². The third kappa shape index (κ3) is 23.2. The molecule has 4 N–H and O–H groups in total. The second-order valence-corrected chi connectivity index (χ2v) is 35.4. The van der Waals surface area contributed by atoms with Gasteiger partial charge in [0.05, 0.1) is 87.0 Å². The monoisotopic (exact) mass is 1580 g/mol. The number of halogens is 3. The van der Waals surface area contributed by atoms with E-state index in [0.29, 0.717) is 113 Å². The van der Waals surface area contributed by atoms with E-state index >= 15 is 0 Å². The summed E-state index contributed by atoms with van der Waals surface area (Å²) in [5, 5.41) is 10.4. The molecule has 582 valence electrons. The van der Waals surface area contributed by atoms with Crippen LogP contribution in [-0.2, 0) is 92.9 Å². The van der Waals surface area contributed by atoms with Crippen molar-refractivity contribution in [1.29, 1.82) is 0 Å². The van der Waals surface area contributed by atoms with Gasteiger partial charge in [-0.2, -0.15) is 29.8 Å². The molecule has 1 fully saturated rings. The van der Waals surface area contributed by atoms with Gasteiger partial charge in [0.15, 0.2) is 5.71 Å². The molecule has 0 unspecified atom stereocenters. The number of carboxylic acids is 1. The van der Waals surface area contributed by atoms with Gasteiger partial charge in [0.1, 0.15) is 29.6 Å². The maximum Gasteiger partial charge on any atom is 0.307 e. The first-order valence-corrected chi connectivity index (χ1v) is 42.8. The van der Waals surface area contributed by atoms with Crippen LogP contribution in [0.3, 0.4) is 0 Å². The number of unbranched alkanes of at least 4 members (excludes halogenated alkanes) is 2. The van der Waals surface area contributed by atoms with Crippen LogP contribution in [0.25, 0.3) is 0 Å². The third-order valence-electron chi connectivity index (χ3n) is 19.7. The second kappa shape index (κ2) is 36.1. The molecule has 5 aromatic rings. The molecular weight excluding hydrogens is 1490 g/mol. The van der Waals surface area contributed by atoms with Gasteiger partial charge in [-0.05, 0) is 185 Å². The predicted octanol–water partition coefficient (Wildman–Crippen LogP) is 13.4. The lowest BCUT2D eigenvalue weighted by molar-refractivity contribution is -0.438. The normalized spacial score (nSPS) is 19.0. The van der Waals surface area contributed by atoms with Gasteiger partial charge in [0.2, 0.25) is 16.9 Å². The number of nitrogens with zero attached hydrogens (tertiary/aromatic N) is 3. The zero-order chi connectivity index (χ0) is 77.7. The van der Waals surface area contributed by atoms with Crippen LogP contribution in [-0.4, -0.2) is 160 Å². The molecule has 0 saturated carbocycles. The Morgan fingerprint density at radius 1 is 0.673 bits per heavy atom. The van der Waals surface area contributed by atoms with Gasteiger partial charge in [-0.3, -0.25) is 32.9 Å². The lowest BCUT2D eigenvalue weighted by Gasteiger charge is -2.41. The zero-order valence-electron chi connectivity index (χ0n) is 60.0. The Morgan fingerprint density at radius 2 is 1.36 bits per heavy atom. The molecule has 4 aliphatic rings. The number of ketones is 2. The molecule has 3 atom stereocenters. The fraction of sp³-hybridized carbons (Fsp3) is 0.447. The molecular formula is C76H92F3N3O20S5. The molecule has 107 heavy (non-hydrogen) atoms. The van der Waals surface area contributed by atoms with Crippen LogP contribution in [0.4, 0.5) is 23.0 Å². The van der Waals surface area contributed by atoms with Crippen molar-refractivity contribution in [2.45, 2.75) is 162 Å². The van der Waals surface area contributed by atoms with Gasteiger partial charge in [-0.25, -0.2) is 8.42 Å². The highest BCUT2D eigenvalue weighted by Crippen LogP contribution is 2.60. The predicted molar refractivity (Wildman–Crippen MR) is 398 cm³/mol. The average molecular weight is 1580 g/mol. The summed E-state index contributed by atoms with van der Waals surface area (Å²) >= 11 is -5.39. The molecule has 23 nitrogen and oxygen atoms in total. The minimum Gasteiger partial charge on any atom is -0.748 e. The van der Waals surface area contributed by atoms with Crippen molar-refractivity contribution in [2.24, 2.45) is 5.92 Å². The molecule has 0 aromatic heterocycles. The van der Waals surface area contributed by atoms with E-state index in [1.54, 1.807) is 42.5 Å². The Bertz CT molecular complexity index is 4700. The number of carbonyl (C=O) groups is 3. The maximum absolute atomic E-state index is 13.5. The second-order valence-electron chi connectivity index (χ2n) is 28.2. The minimum atomic E-state index is -5.39. The number of benzene rings is 5. The molecule has 0 amide bonds. The van der Waals surface area contributed by atoms with E-state index in [0.717, 1.165) is 24.1 Å². The summed E-state index contributed by atoms with van der Waals surface area (Å²) in [6.45, 7) is 9.36. The summed E-state index contributed by atoms with van der Waals surface area (Å²) in [6.07, 6.45) is 11.1. The summed E-state index contributed by atoms with van der Waals surface area (Å²) in [7, 11) is -18.1. The number of piperidine rings is 1. The number of likely N-dealkylation sites (tertiary alicyclic amines) is 1. The van der Waals surface area contributed by atoms with Crippen LogP contribution in [0.1, 0.15) is 145 Å². The number of hydrogen-bond acceptors (Lipinski definition) is 18. The Kier molecular flexibility index (Phi) is 28.2. The molecule has 1 aliphatic carbocycles. The Morgan fingerprint density at radius 3 is 2.03 bits per heavy atom. The molecule has 0 bridgehead atoms. The van der Waals surface area contributed by atoms with E-state index in [1.165, 1.54) is 30.3 Å². The molecule has 0 spiro atoms. The van der Waals surface area contributed by atoms with Crippen molar-refractivity contribution >= 4 is 86.3 Å². The van der Waals surface area contributed by atoms with Crippen LogP contribution in [0.5, 0.6) is 5.75 Å². The van der Waals surface area contributed by atoms with Crippen LogP contribution >= 0.6 is 11.2 Å². The van der Waals surface area contributed by atoms with Crippen LogP contribution in [0.2, 0.25) is 0 Å². The number of aliphatic carboxylic acids is 1. The van der Waals surface area contributed by atoms with E-state index in [9.17, 15) is 83.0 Å². The molecule has 1 saturated heterocycles. The fourth-order valence-corrected chi connectivity index (χ4v) is 16.9. The molecule has 3 heterocycles. The van der Waals surface area contributed by atoms with Gasteiger partial charge in [0, 0.05) is 79.1 Å². The van der Waals surface area contributed by atoms with Gasteiger partial charge in [-0.1, -0.05) is 74.5 Å². The smallest absolute Gasteiger partial charge is 0.307 e. The Balaban J connectivity index is 0.852. The number of Topliss-reactive ketones (excluding diaryl/α,β-unsaturated/α-hetero) is 2. The molecule has 3 aliphatic heterocycles. The fourth-order valence-electron chi connectivity index (χ4n) is 14.3. The van der Waals surface area contributed by atoms with Crippen molar-refractivity contribution in [2.75, 3.05) is 69.0 Å². The number of hydrogen-bond donors (Lipinski definition) is 4. The summed E-state index contributed by atoms with van der Waals surface area (Å²) in [5.41, 5.74) is 5.17. The standard InChI is InChI=1S/C76H92F3N3O20S5/c1-75(2)65-49-63(106(93,94)95)30-32-67(65)81(38-8-10-44-103(87,88)89)70(75)34-26-56-19-13-20-57(27-35-71-76(3,4)66-50-64(107(96,97)98)31-33-68(66)82(71)39-9-11-45-104(90,91)92)73(56)102-61-28-24-53(25-29-61)46-58(74(85)86)48-59(83)36-41-100-43-42-99-40-15-21-60(84)51-80-37-14-23-69(72(80)55-17-6-5-7-18-55)101-52-54-16-12-22-62(47-54)105(77,78)79/h5-7,12,16-18,22,24-35,47,49-50,58,69,72H,8-11,13-15,19-21,23,36-46,48,51-52H2,1-4H3,(H4-,85,86,87,88,89,90,91,92,93,94,95,96,97,98)/t58-,69+,72+/m1/s1. The summed E-state index contributed by atoms with van der Waals surface area (Å²) < 4.78 is 205. The van der Waals surface area contributed by atoms with Crippen LogP contribution in [0, 0.1) is 5.92 Å². The highest BCUT2D eigenvalue weighted by Gasteiger charge is 2.46. The van der Waals surface area contributed by atoms with Crippen molar-refractivity contribution in [3.63, 3.8) is 0 Å². The van der Waals surface area contributed by atoms with E-state index in [-0.39, 0.29) is 131 Å². The number of anilines is 1. The van der Waals surface area contributed by atoms with Crippen molar-refractivity contribution in [1.82, 2.24) is 4.90 Å². The number of ether oxygens (including phenoxy) is 4. The first kappa shape index (κ1) is 83.8. The third-order valence-corrected chi connectivity index (χ3v) is 23.7. The quantitative estimate of drug-likeness (QED) is 0.0161. The van der Waals surface area contributed by atoms with Crippen LogP contribution in [0.15, 0.2) is 177 Å². The number of carbonyl (C=O) groups excluding carboxylic acids is 2. The lowest BCUT2D eigenvalue weighted by atomic mass is 9.81. The SMILES string of the molecule is CC1(C)C(=CC=C2CCCC(C=CC3=[N+](CCCCS(=O)(=O)O)c4ccc(S(=O)(=O)O)cc4C3(C)C)=C2Oc2ccc(C[C@H](CC(=O)CCOCCOCCCC(=O)CN3CCC[C@H](OCc4cccc(S(F)(F)F)c4)[C@@H]3c3ccccc3)C(=O)O)cc2)N(CCCCS(=O)(=O)[O-])c2ccc(S(=O)(=O)O)cc21. The van der Waals surface area contributed by atoms with E-state index < -0.39 is 90.8 Å². The van der Waals surface area contributed by atoms with Crippen LogP contribution < -0.4 is 9.64 Å².